The Morgan fingerprint density at radius 1 is 1.25 bits per heavy atom. The van der Waals surface area contributed by atoms with Crippen molar-refractivity contribution in [1.82, 2.24) is 15.5 Å². The van der Waals surface area contributed by atoms with Crippen molar-refractivity contribution < 1.29 is 17.9 Å². The molecule has 0 fully saturated rings. The molecule has 1 aromatic carbocycles. The van der Waals surface area contributed by atoms with Crippen molar-refractivity contribution in [2.24, 2.45) is 0 Å². The van der Waals surface area contributed by atoms with E-state index < -0.39 is 6.61 Å². The second kappa shape index (κ2) is 6.95. The first-order valence-electron chi connectivity index (χ1n) is 6.21. The van der Waals surface area contributed by atoms with Crippen molar-refractivity contribution in [2.75, 3.05) is 13.6 Å². The van der Waals surface area contributed by atoms with Gasteiger partial charge in [0.25, 0.3) is 0 Å². The maximum Gasteiger partial charge on any atom is 0.387 e. The molecule has 1 heterocycles. The average molecular weight is 283 g/mol. The quantitative estimate of drug-likeness (QED) is 0.791. The lowest BCUT2D eigenvalue weighted by atomic mass is 10.2. The van der Waals surface area contributed by atoms with Gasteiger partial charge in [-0.15, -0.1) is 10.2 Å². The second-order valence-corrected chi connectivity index (χ2v) is 4.11. The third kappa shape index (κ3) is 3.99. The maximum absolute atomic E-state index is 12.0. The van der Waals surface area contributed by atoms with Gasteiger partial charge in [0.15, 0.2) is 0 Å². The number of halogens is 2. The van der Waals surface area contributed by atoms with Crippen LogP contribution in [0.5, 0.6) is 5.75 Å². The molecule has 0 bridgehead atoms. The van der Waals surface area contributed by atoms with Crippen LogP contribution >= 0.6 is 0 Å². The van der Waals surface area contributed by atoms with E-state index in [0.29, 0.717) is 23.8 Å². The average Bonchev–Trinajstić information content (AvgIpc) is 2.88. The summed E-state index contributed by atoms with van der Waals surface area (Å²) in [6.45, 7) is -1.96. The van der Waals surface area contributed by atoms with Crippen molar-refractivity contribution in [1.29, 1.82) is 0 Å². The Balaban J connectivity index is 2.00. The fraction of sp³-hybridized carbons (Fsp3) is 0.385. The van der Waals surface area contributed by atoms with E-state index in [1.165, 1.54) is 12.1 Å². The predicted molar refractivity (Wildman–Crippen MR) is 68.6 cm³/mol. The van der Waals surface area contributed by atoms with Gasteiger partial charge in [0.1, 0.15) is 5.75 Å². The molecule has 0 spiro atoms. The van der Waals surface area contributed by atoms with Crippen LogP contribution in [0.3, 0.4) is 0 Å². The van der Waals surface area contributed by atoms with Crippen LogP contribution in [0.15, 0.2) is 28.7 Å². The molecule has 2 rings (SSSR count). The molecule has 108 valence electrons. The molecule has 0 atom stereocenters. The first-order valence-corrected chi connectivity index (χ1v) is 6.21. The lowest BCUT2D eigenvalue weighted by molar-refractivity contribution is -0.0498. The minimum atomic E-state index is -2.83. The van der Waals surface area contributed by atoms with E-state index in [1.54, 1.807) is 12.1 Å². The van der Waals surface area contributed by atoms with Crippen LogP contribution < -0.4 is 10.1 Å². The molecule has 7 heteroatoms. The van der Waals surface area contributed by atoms with Gasteiger partial charge in [-0.2, -0.15) is 8.78 Å². The Morgan fingerprint density at radius 3 is 2.65 bits per heavy atom. The summed E-state index contributed by atoms with van der Waals surface area (Å²) in [6, 6.07) is 6.07. The first kappa shape index (κ1) is 14.4. The summed E-state index contributed by atoms with van der Waals surface area (Å²) in [7, 11) is 1.88. The van der Waals surface area contributed by atoms with Crippen LogP contribution in [-0.4, -0.2) is 30.4 Å². The van der Waals surface area contributed by atoms with E-state index >= 15 is 0 Å². The number of aryl methyl sites for hydroxylation is 1. The largest absolute Gasteiger partial charge is 0.435 e. The second-order valence-electron chi connectivity index (χ2n) is 4.11. The minimum absolute atomic E-state index is 0.0949. The fourth-order valence-corrected chi connectivity index (χ4v) is 1.67. The van der Waals surface area contributed by atoms with E-state index in [2.05, 4.69) is 20.3 Å². The molecule has 0 radical (unpaired) electrons. The van der Waals surface area contributed by atoms with Crippen molar-refractivity contribution in [2.45, 2.75) is 19.5 Å². The minimum Gasteiger partial charge on any atom is -0.435 e. The SMILES string of the molecule is CNCCCc1nnc(-c2ccc(OC(F)F)cc2)o1. The topological polar surface area (TPSA) is 60.2 Å². The van der Waals surface area contributed by atoms with Crippen LogP contribution in [0.1, 0.15) is 12.3 Å². The van der Waals surface area contributed by atoms with E-state index in [9.17, 15) is 8.78 Å². The van der Waals surface area contributed by atoms with Gasteiger partial charge in [-0.25, -0.2) is 0 Å². The van der Waals surface area contributed by atoms with Gasteiger partial charge in [0.2, 0.25) is 11.8 Å². The summed E-state index contributed by atoms with van der Waals surface area (Å²) in [6.07, 6.45) is 1.60. The highest BCUT2D eigenvalue weighted by atomic mass is 19.3. The molecule has 20 heavy (non-hydrogen) atoms. The number of rotatable bonds is 7. The van der Waals surface area contributed by atoms with E-state index in [-0.39, 0.29) is 5.75 Å². The summed E-state index contributed by atoms with van der Waals surface area (Å²) in [5.41, 5.74) is 0.666. The van der Waals surface area contributed by atoms with Crippen molar-refractivity contribution in [3.8, 4) is 17.2 Å². The molecule has 0 saturated carbocycles. The first-order chi connectivity index (χ1) is 9.69. The van der Waals surface area contributed by atoms with Gasteiger partial charge < -0.3 is 14.5 Å². The summed E-state index contributed by atoms with van der Waals surface area (Å²) in [5, 5.41) is 10.9. The molecule has 0 aliphatic rings. The molecule has 0 aliphatic carbocycles. The molecule has 2 aromatic rings. The Kier molecular flexibility index (Phi) is 5.00. The molecular formula is C13H15F2N3O2. The summed E-state index contributed by atoms with van der Waals surface area (Å²) in [5.74, 6) is 1.02. The zero-order valence-electron chi connectivity index (χ0n) is 11.0. The van der Waals surface area contributed by atoms with E-state index in [0.717, 1.165) is 13.0 Å². The van der Waals surface area contributed by atoms with Crippen molar-refractivity contribution >= 4 is 0 Å². The Morgan fingerprint density at radius 2 is 2.00 bits per heavy atom. The number of aromatic nitrogens is 2. The van der Waals surface area contributed by atoms with Crippen molar-refractivity contribution in [3.63, 3.8) is 0 Å². The molecular weight excluding hydrogens is 268 g/mol. The fourth-order valence-electron chi connectivity index (χ4n) is 1.67. The third-order valence-electron chi connectivity index (χ3n) is 2.61. The zero-order chi connectivity index (χ0) is 14.4. The molecule has 5 nitrogen and oxygen atoms in total. The van der Waals surface area contributed by atoms with Gasteiger partial charge in [-0.05, 0) is 44.3 Å². The zero-order valence-corrected chi connectivity index (χ0v) is 11.0. The summed E-state index contributed by atoms with van der Waals surface area (Å²) >= 11 is 0. The van der Waals surface area contributed by atoms with Crippen LogP contribution in [0, 0.1) is 0 Å². The maximum atomic E-state index is 12.0. The number of nitrogens with zero attached hydrogens (tertiary/aromatic N) is 2. The monoisotopic (exact) mass is 283 g/mol. The third-order valence-corrected chi connectivity index (χ3v) is 2.61. The number of benzene rings is 1. The number of hydrogen-bond acceptors (Lipinski definition) is 5. The van der Waals surface area contributed by atoms with Gasteiger partial charge >= 0.3 is 6.61 Å². The standard InChI is InChI=1S/C13H15F2N3O2/c1-16-8-2-3-11-17-18-12(20-11)9-4-6-10(7-5-9)19-13(14)15/h4-7,13,16H,2-3,8H2,1H3. The van der Waals surface area contributed by atoms with Gasteiger partial charge in [0.05, 0.1) is 0 Å². The van der Waals surface area contributed by atoms with Gasteiger partial charge in [-0.3, -0.25) is 0 Å². The van der Waals surface area contributed by atoms with Crippen LogP contribution in [-0.2, 0) is 6.42 Å². The van der Waals surface area contributed by atoms with E-state index in [4.69, 9.17) is 4.42 Å². The highest BCUT2D eigenvalue weighted by molar-refractivity contribution is 5.53. The summed E-state index contributed by atoms with van der Waals surface area (Å²) < 4.78 is 33.8. The Labute approximate surface area is 115 Å². The van der Waals surface area contributed by atoms with Gasteiger partial charge in [0, 0.05) is 12.0 Å². The van der Waals surface area contributed by atoms with Gasteiger partial charge in [-0.1, -0.05) is 0 Å². The smallest absolute Gasteiger partial charge is 0.387 e. The number of alkyl halides is 2. The molecule has 0 aliphatic heterocycles. The molecule has 0 saturated heterocycles. The lowest BCUT2D eigenvalue weighted by Crippen LogP contribution is -2.08. The lowest BCUT2D eigenvalue weighted by Gasteiger charge is -2.03. The molecule has 0 unspecified atom stereocenters. The van der Waals surface area contributed by atoms with Crippen molar-refractivity contribution in [3.05, 3.63) is 30.2 Å². The number of ether oxygens (including phenoxy) is 1. The normalized spacial score (nSPS) is 11.0. The van der Waals surface area contributed by atoms with Crippen LogP contribution in [0.2, 0.25) is 0 Å². The van der Waals surface area contributed by atoms with E-state index in [1.807, 2.05) is 7.05 Å². The van der Waals surface area contributed by atoms with Crippen LogP contribution in [0.25, 0.3) is 11.5 Å². The Bertz CT molecular complexity index is 529. The number of hydrogen-bond donors (Lipinski definition) is 1. The highest BCUT2D eigenvalue weighted by Crippen LogP contribution is 2.22. The Hall–Kier alpha value is -2.02. The molecule has 0 amide bonds. The molecule has 1 aromatic heterocycles. The van der Waals surface area contributed by atoms with Crippen LogP contribution in [0.4, 0.5) is 8.78 Å². The predicted octanol–water partition coefficient (Wildman–Crippen LogP) is 2.49. The summed E-state index contributed by atoms with van der Waals surface area (Å²) in [4.78, 5) is 0. The molecule has 1 N–H and O–H groups in total. The number of nitrogens with one attached hydrogen (secondary N) is 1. The highest BCUT2D eigenvalue weighted by Gasteiger charge is 2.09.